The summed E-state index contributed by atoms with van der Waals surface area (Å²) in [5.74, 6) is -0.668. The highest BCUT2D eigenvalue weighted by Crippen LogP contribution is 2.32. The van der Waals surface area contributed by atoms with Crippen LogP contribution in [0, 0.1) is 6.92 Å². The number of ether oxygens (including phenoxy) is 1. The third-order valence-corrected chi connectivity index (χ3v) is 5.81. The predicted molar refractivity (Wildman–Crippen MR) is 111 cm³/mol. The average molecular weight is 411 g/mol. The molecule has 4 rings (SSSR count). The van der Waals surface area contributed by atoms with Gasteiger partial charge in [0.05, 0.1) is 18.1 Å². The maximum absolute atomic E-state index is 12.8. The number of rotatable bonds is 4. The highest BCUT2D eigenvalue weighted by atomic mass is 32.2. The van der Waals surface area contributed by atoms with Crippen molar-refractivity contribution in [1.82, 2.24) is 14.4 Å². The molecule has 8 heteroatoms. The van der Waals surface area contributed by atoms with Crippen LogP contribution in [0.2, 0.25) is 0 Å². The van der Waals surface area contributed by atoms with Crippen LogP contribution in [0.15, 0.2) is 47.5 Å². The molecule has 0 radical (unpaired) electrons. The van der Waals surface area contributed by atoms with Gasteiger partial charge in [-0.05, 0) is 49.0 Å². The molecule has 0 aliphatic carbocycles. The van der Waals surface area contributed by atoms with Crippen molar-refractivity contribution in [3.63, 3.8) is 0 Å². The van der Waals surface area contributed by atoms with Crippen LogP contribution < -0.4 is 0 Å². The number of imide groups is 1. The van der Waals surface area contributed by atoms with Gasteiger partial charge >= 0.3 is 0 Å². The third-order valence-electron chi connectivity index (χ3n) is 4.90. The highest BCUT2D eigenvalue weighted by Gasteiger charge is 2.37. The summed E-state index contributed by atoms with van der Waals surface area (Å²) in [4.78, 5) is 40.5. The lowest BCUT2D eigenvalue weighted by Gasteiger charge is -2.28. The fourth-order valence-corrected chi connectivity index (χ4v) is 4.09. The Hall–Kier alpha value is -2.84. The molecule has 2 saturated heterocycles. The van der Waals surface area contributed by atoms with Crippen molar-refractivity contribution in [1.29, 1.82) is 0 Å². The molecule has 3 amide bonds. The lowest BCUT2D eigenvalue weighted by atomic mass is 10.2. The minimum atomic E-state index is -0.432. The van der Waals surface area contributed by atoms with Gasteiger partial charge in [0.2, 0.25) is 5.91 Å². The van der Waals surface area contributed by atoms with E-state index in [9.17, 15) is 14.4 Å². The zero-order chi connectivity index (χ0) is 20.4. The maximum atomic E-state index is 12.8. The largest absolute Gasteiger partial charge is 0.378 e. The van der Waals surface area contributed by atoms with Gasteiger partial charge in [-0.3, -0.25) is 19.3 Å². The van der Waals surface area contributed by atoms with Crippen LogP contribution in [0.4, 0.5) is 4.79 Å². The van der Waals surface area contributed by atoms with E-state index in [1.54, 1.807) is 11.0 Å². The minimum absolute atomic E-state index is 0.235. The van der Waals surface area contributed by atoms with E-state index in [-0.39, 0.29) is 12.5 Å². The van der Waals surface area contributed by atoms with E-state index in [1.165, 1.54) is 0 Å². The van der Waals surface area contributed by atoms with Crippen molar-refractivity contribution in [2.24, 2.45) is 0 Å². The Bertz CT molecular complexity index is 974. The SMILES string of the molecule is Cc1ccc(-n2cccc2/C=C2/SC(=O)N(CC(=O)N3CCOCC3)C2=O)cc1. The zero-order valence-electron chi connectivity index (χ0n) is 16.0. The molecule has 0 N–H and O–H groups in total. The standard InChI is InChI=1S/C21H21N3O4S/c1-15-4-6-16(7-5-15)23-8-2-3-17(23)13-18-20(26)24(21(27)29-18)14-19(25)22-9-11-28-12-10-22/h2-8,13H,9-12,14H2,1H3/b18-13+. The van der Waals surface area contributed by atoms with E-state index in [0.717, 1.165) is 33.6 Å². The fourth-order valence-electron chi connectivity index (χ4n) is 3.27. The predicted octanol–water partition coefficient (Wildman–Crippen LogP) is 2.68. The van der Waals surface area contributed by atoms with Crippen LogP contribution in [0.3, 0.4) is 0 Å². The number of aromatic nitrogens is 1. The number of hydrogen-bond acceptors (Lipinski definition) is 5. The first kappa shape index (κ1) is 19.5. The van der Waals surface area contributed by atoms with E-state index < -0.39 is 11.1 Å². The van der Waals surface area contributed by atoms with E-state index in [2.05, 4.69) is 0 Å². The fraction of sp³-hybridized carbons (Fsp3) is 0.286. The minimum Gasteiger partial charge on any atom is -0.378 e. The summed E-state index contributed by atoms with van der Waals surface area (Å²) in [6.07, 6.45) is 3.60. The zero-order valence-corrected chi connectivity index (χ0v) is 16.9. The van der Waals surface area contributed by atoms with Crippen LogP contribution in [-0.2, 0) is 14.3 Å². The van der Waals surface area contributed by atoms with Gasteiger partial charge in [0.1, 0.15) is 6.54 Å². The van der Waals surface area contributed by atoms with Crippen molar-refractivity contribution in [2.45, 2.75) is 6.92 Å². The molecule has 2 aliphatic heterocycles. The van der Waals surface area contributed by atoms with Crippen LogP contribution in [0.5, 0.6) is 0 Å². The van der Waals surface area contributed by atoms with Crippen LogP contribution in [0.1, 0.15) is 11.3 Å². The van der Waals surface area contributed by atoms with Crippen LogP contribution in [-0.4, -0.2) is 64.3 Å². The Morgan fingerprint density at radius 1 is 1.14 bits per heavy atom. The number of thioether (sulfide) groups is 1. The second-order valence-corrected chi connectivity index (χ2v) is 7.89. The lowest BCUT2D eigenvalue weighted by Crippen LogP contribution is -2.46. The number of hydrogen-bond donors (Lipinski definition) is 0. The monoisotopic (exact) mass is 411 g/mol. The van der Waals surface area contributed by atoms with E-state index in [1.807, 2.05) is 54.1 Å². The van der Waals surface area contributed by atoms with Gasteiger partial charge in [-0.2, -0.15) is 0 Å². The molecule has 1 aromatic carbocycles. The summed E-state index contributed by atoms with van der Waals surface area (Å²) < 4.78 is 7.19. The second kappa shape index (κ2) is 8.26. The summed E-state index contributed by atoms with van der Waals surface area (Å²) in [5, 5.41) is -0.420. The molecule has 0 unspecified atom stereocenters. The van der Waals surface area contributed by atoms with Gasteiger partial charge in [0.25, 0.3) is 11.1 Å². The lowest BCUT2D eigenvalue weighted by molar-refractivity contribution is -0.139. The molecule has 2 fully saturated rings. The Balaban J connectivity index is 1.52. The van der Waals surface area contributed by atoms with E-state index >= 15 is 0 Å². The first-order valence-corrected chi connectivity index (χ1v) is 10.2. The smallest absolute Gasteiger partial charge is 0.294 e. The Kier molecular flexibility index (Phi) is 5.55. The molecule has 150 valence electrons. The van der Waals surface area contributed by atoms with Gasteiger partial charge in [0.15, 0.2) is 0 Å². The van der Waals surface area contributed by atoms with Gasteiger partial charge < -0.3 is 14.2 Å². The number of carbonyl (C=O) groups excluding carboxylic acids is 3. The second-order valence-electron chi connectivity index (χ2n) is 6.90. The molecule has 1 aromatic heterocycles. The summed E-state index contributed by atoms with van der Waals surface area (Å²) in [7, 11) is 0. The van der Waals surface area contributed by atoms with Crippen molar-refractivity contribution in [3.05, 3.63) is 58.8 Å². The number of nitrogens with zero attached hydrogens (tertiary/aromatic N) is 3. The van der Waals surface area contributed by atoms with Crippen LogP contribution >= 0.6 is 11.8 Å². The summed E-state index contributed by atoms with van der Waals surface area (Å²) in [6, 6.07) is 11.8. The molecule has 2 aromatic rings. The summed E-state index contributed by atoms with van der Waals surface area (Å²) >= 11 is 0.865. The number of amides is 3. The molecular formula is C21H21N3O4S. The molecule has 7 nitrogen and oxygen atoms in total. The number of benzene rings is 1. The number of carbonyl (C=O) groups is 3. The van der Waals surface area contributed by atoms with Crippen LogP contribution in [0.25, 0.3) is 11.8 Å². The van der Waals surface area contributed by atoms with Gasteiger partial charge in [-0.15, -0.1) is 0 Å². The molecule has 0 spiro atoms. The van der Waals surface area contributed by atoms with E-state index in [4.69, 9.17) is 4.74 Å². The van der Waals surface area contributed by atoms with E-state index in [0.29, 0.717) is 31.2 Å². The molecule has 29 heavy (non-hydrogen) atoms. The normalized spacial score (nSPS) is 18.7. The van der Waals surface area contributed by atoms with Gasteiger partial charge in [-0.1, -0.05) is 17.7 Å². The number of morpholine rings is 1. The maximum Gasteiger partial charge on any atom is 0.294 e. The Labute approximate surface area is 172 Å². The highest BCUT2D eigenvalue weighted by molar-refractivity contribution is 8.18. The van der Waals surface area contributed by atoms with Crippen molar-refractivity contribution < 1.29 is 19.1 Å². The molecule has 0 bridgehead atoms. The van der Waals surface area contributed by atoms with Crippen molar-refractivity contribution in [3.8, 4) is 5.69 Å². The summed E-state index contributed by atoms with van der Waals surface area (Å²) in [6.45, 7) is 3.70. The quantitative estimate of drug-likeness (QED) is 0.724. The van der Waals surface area contributed by atoms with Gasteiger partial charge in [0, 0.05) is 30.7 Å². The summed E-state index contributed by atoms with van der Waals surface area (Å²) in [5.41, 5.74) is 2.92. The van der Waals surface area contributed by atoms with Crippen molar-refractivity contribution >= 4 is 34.9 Å². The first-order chi connectivity index (χ1) is 14.0. The molecule has 0 atom stereocenters. The molecule has 3 heterocycles. The first-order valence-electron chi connectivity index (χ1n) is 9.38. The topological polar surface area (TPSA) is 71.8 Å². The third kappa shape index (κ3) is 4.13. The Morgan fingerprint density at radius 3 is 2.59 bits per heavy atom. The van der Waals surface area contributed by atoms with Crippen molar-refractivity contribution in [2.75, 3.05) is 32.8 Å². The Morgan fingerprint density at radius 2 is 1.86 bits per heavy atom. The number of aryl methyl sites for hydroxylation is 1. The molecule has 0 saturated carbocycles. The molecular weight excluding hydrogens is 390 g/mol. The average Bonchev–Trinajstić information content (AvgIpc) is 3.29. The molecule has 2 aliphatic rings. The van der Waals surface area contributed by atoms with Gasteiger partial charge in [-0.25, -0.2) is 0 Å².